The van der Waals surface area contributed by atoms with E-state index in [9.17, 15) is 13.6 Å². The first kappa shape index (κ1) is 22.5. The molecule has 1 aromatic carbocycles. The molecule has 1 aromatic heterocycles. The predicted octanol–water partition coefficient (Wildman–Crippen LogP) is 4.54. The maximum Gasteiger partial charge on any atom is 0.297 e. The lowest BCUT2D eigenvalue weighted by Crippen LogP contribution is -2.30. The van der Waals surface area contributed by atoms with E-state index in [1.54, 1.807) is 25.1 Å². The molecule has 0 bridgehead atoms. The van der Waals surface area contributed by atoms with Gasteiger partial charge in [-0.1, -0.05) is 6.92 Å². The number of imidazole rings is 1. The molecule has 8 heteroatoms. The molecule has 30 heavy (non-hydrogen) atoms. The van der Waals surface area contributed by atoms with Crippen molar-refractivity contribution in [3.63, 3.8) is 0 Å². The van der Waals surface area contributed by atoms with Crippen LogP contribution in [0.1, 0.15) is 46.0 Å². The number of alkyl halides is 2. The van der Waals surface area contributed by atoms with Crippen LogP contribution in [0, 0.1) is 5.92 Å². The largest absolute Gasteiger partial charge is 0.488 e. The number of carbonyl (C=O) groups excluding carboxylic acids is 1. The van der Waals surface area contributed by atoms with E-state index in [4.69, 9.17) is 14.2 Å². The molecule has 1 saturated carbocycles. The lowest BCUT2D eigenvalue weighted by molar-refractivity contribution is -0.118. The third kappa shape index (κ3) is 6.14. The molecule has 1 aliphatic carbocycles. The van der Waals surface area contributed by atoms with E-state index in [0.29, 0.717) is 24.8 Å². The lowest BCUT2D eigenvalue weighted by Gasteiger charge is -2.29. The summed E-state index contributed by atoms with van der Waals surface area (Å²) in [5.74, 6) is 0.818. The normalized spacial score (nSPS) is 20.5. The first-order chi connectivity index (χ1) is 14.3. The Morgan fingerprint density at radius 2 is 1.90 bits per heavy atom. The fourth-order valence-corrected chi connectivity index (χ4v) is 3.82. The molecule has 0 aliphatic heterocycles. The smallest absolute Gasteiger partial charge is 0.297 e. The number of nitrogens with zero attached hydrogens (tertiary/aromatic N) is 2. The van der Waals surface area contributed by atoms with Crippen LogP contribution in [0.5, 0.6) is 11.8 Å². The molecule has 0 unspecified atom stereocenters. The molecule has 1 heterocycles. The van der Waals surface area contributed by atoms with E-state index < -0.39 is 13.0 Å². The average Bonchev–Trinajstić information content (AvgIpc) is 3.00. The molecule has 1 fully saturated rings. The number of ketones is 1. The summed E-state index contributed by atoms with van der Waals surface area (Å²) in [6.07, 6.45) is 1.87. The molecular weight excluding hydrogens is 394 g/mol. The standard InChI is InChI=1S/C22H30F2N2O4/c1-14(10-15(2)27)12-28-16-4-6-17(7-5-16)30-22-25-19-9-8-18(29-13-21(23)24)11-20(19)26(22)3/h8-9,11,14,16-17,21H,4-7,10,12-13H2,1-3H3/t14-,16?,17?/m1/s1. The Morgan fingerprint density at radius 1 is 1.20 bits per heavy atom. The zero-order valence-electron chi connectivity index (χ0n) is 17.8. The summed E-state index contributed by atoms with van der Waals surface area (Å²) in [6, 6.07) is 5.59. The van der Waals surface area contributed by atoms with E-state index >= 15 is 0 Å². The van der Waals surface area contributed by atoms with Crippen LogP contribution in [0.25, 0.3) is 11.0 Å². The second-order valence-corrected chi connectivity index (χ2v) is 8.17. The van der Waals surface area contributed by atoms with Gasteiger partial charge >= 0.3 is 0 Å². The van der Waals surface area contributed by atoms with Crippen molar-refractivity contribution in [1.29, 1.82) is 0 Å². The number of Topliss-reactive ketones (excluding diaryl/α,β-unsaturated/α-hetero) is 1. The summed E-state index contributed by atoms with van der Waals surface area (Å²) in [5, 5.41) is 0. The van der Waals surface area contributed by atoms with Gasteiger partial charge in [0.2, 0.25) is 0 Å². The van der Waals surface area contributed by atoms with E-state index in [1.807, 2.05) is 18.5 Å². The highest BCUT2D eigenvalue weighted by Crippen LogP contribution is 2.29. The predicted molar refractivity (Wildman–Crippen MR) is 109 cm³/mol. The molecule has 0 N–H and O–H groups in total. The van der Waals surface area contributed by atoms with Crippen molar-refractivity contribution in [2.45, 2.75) is 64.6 Å². The number of hydrogen-bond acceptors (Lipinski definition) is 5. The number of aromatic nitrogens is 2. The van der Waals surface area contributed by atoms with Gasteiger partial charge in [-0.2, -0.15) is 4.98 Å². The summed E-state index contributed by atoms with van der Waals surface area (Å²) in [5.41, 5.74) is 1.50. The molecule has 0 spiro atoms. The summed E-state index contributed by atoms with van der Waals surface area (Å²) < 4.78 is 43.7. The van der Waals surface area contributed by atoms with Gasteiger partial charge in [0.25, 0.3) is 12.4 Å². The summed E-state index contributed by atoms with van der Waals surface area (Å²) in [6.45, 7) is 3.62. The minimum Gasteiger partial charge on any atom is -0.488 e. The topological polar surface area (TPSA) is 62.6 Å². The summed E-state index contributed by atoms with van der Waals surface area (Å²) >= 11 is 0. The van der Waals surface area contributed by atoms with Crippen molar-refractivity contribution in [3.8, 4) is 11.8 Å². The van der Waals surface area contributed by atoms with Gasteiger partial charge in [0.15, 0.2) is 0 Å². The fourth-order valence-electron chi connectivity index (χ4n) is 3.82. The maximum atomic E-state index is 12.4. The Balaban J connectivity index is 1.52. The summed E-state index contributed by atoms with van der Waals surface area (Å²) in [7, 11) is 1.84. The number of ether oxygens (including phenoxy) is 3. The highest BCUT2D eigenvalue weighted by atomic mass is 19.3. The van der Waals surface area contributed by atoms with E-state index in [-0.39, 0.29) is 23.9 Å². The fraction of sp³-hybridized carbons (Fsp3) is 0.636. The molecule has 2 aromatic rings. The van der Waals surface area contributed by atoms with Crippen LogP contribution in [-0.2, 0) is 16.6 Å². The molecule has 3 rings (SSSR count). The Hall–Kier alpha value is -2.22. The second-order valence-electron chi connectivity index (χ2n) is 8.17. The van der Waals surface area contributed by atoms with Crippen molar-refractivity contribution in [2.75, 3.05) is 13.2 Å². The molecule has 0 radical (unpaired) electrons. The van der Waals surface area contributed by atoms with Gasteiger partial charge in [-0.3, -0.25) is 4.57 Å². The number of aryl methyl sites for hydroxylation is 1. The highest BCUT2D eigenvalue weighted by Gasteiger charge is 2.25. The van der Waals surface area contributed by atoms with Crippen molar-refractivity contribution in [3.05, 3.63) is 18.2 Å². The van der Waals surface area contributed by atoms with Gasteiger partial charge in [-0.25, -0.2) is 8.78 Å². The molecule has 0 saturated heterocycles. The maximum absolute atomic E-state index is 12.4. The highest BCUT2D eigenvalue weighted by molar-refractivity contribution is 5.78. The van der Waals surface area contributed by atoms with Crippen molar-refractivity contribution >= 4 is 16.8 Å². The molecule has 1 aliphatic rings. The monoisotopic (exact) mass is 424 g/mol. The Bertz CT molecular complexity index is 847. The van der Waals surface area contributed by atoms with Gasteiger partial charge < -0.3 is 19.0 Å². The number of fused-ring (bicyclic) bond motifs is 1. The zero-order chi connectivity index (χ0) is 21.7. The van der Waals surface area contributed by atoms with E-state index in [1.165, 1.54) is 0 Å². The van der Waals surface area contributed by atoms with Gasteiger partial charge in [0.1, 0.15) is 24.2 Å². The van der Waals surface area contributed by atoms with Gasteiger partial charge in [-0.05, 0) is 50.7 Å². The minimum absolute atomic E-state index is 0.0598. The molecule has 1 atom stereocenters. The quantitative estimate of drug-likeness (QED) is 0.560. The van der Waals surface area contributed by atoms with Crippen LogP contribution < -0.4 is 9.47 Å². The first-order valence-corrected chi connectivity index (χ1v) is 10.5. The SMILES string of the molecule is CC(=O)C[C@@H](C)COC1CCC(Oc2nc3ccc(OCC(F)F)cc3n2C)CC1. The third-order valence-corrected chi connectivity index (χ3v) is 5.33. The third-order valence-electron chi connectivity index (χ3n) is 5.33. The lowest BCUT2D eigenvalue weighted by atomic mass is 9.95. The van der Waals surface area contributed by atoms with Crippen LogP contribution in [0.3, 0.4) is 0 Å². The minimum atomic E-state index is -2.51. The van der Waals surface area contributed by atoms with Crippen molar-refractivity contribution < 1.29 is 27.8 Å². The summed E-state index contributed by atoms with van der Waals surface area (Å²) in [4.78, 5) is 15.7. The van der Waals surface area contributed by atoms with Crippen LogP contribution in [0.4, 0.5) is 8.78 Å². The van der Waals surface area contributed by atoms with E-state index in [0.717, 1.165) is 36.7 Å². The Morgan fingerprint density at radius 3 is 2.57 bits per heavy atom. The number of hydrogen-bond donors (Lipinski definition) is 0. The number of halogens is 2. The van der Waals surface area contributed by atoms with E-state index in [2.05, 4.69) is 4.98 Å². The molecule has 6 nitrogen and oxygen atoms in total. The molecular formula is C22H30F2N2O4. The van der Waals surface area contributed by atoms with Crippen molar-refractivity contribution in [2.24, 2.45) is 13.0 Å². The second kappa shape index (κ2) is 10.2. The Kier molecular flexibility index (Phi) is 7.64. The van der Waals surface area contributed by atoms with Crippen LogP contribution in [0.15, 0.2) is 18.2 Å². The van der Waals surface area contributed by atoms with Crippen molar-refractivity contribution in [1.82, 2.24) is 9.55 Å². The van der Waals surface area contributed by atoms with Crippen LogP contribution in [0.2, 0.25) is 0 Å². The Labute approximate surface area is 175 Å². The van der Waals surface area contributed by atoms with Crippen LogP contribution in [-0.4, -0.2) is 47.2 Å². The molecule has 166 valence electrons. The van der Waals surface area contributed by atoms with Gasteiger partial charge in [0.05, 0.1) is 17.1 Å². The first-order valence-electron chi connectivity index (χ1n) is 10.5. The molecule has 0 amide bonds. The van der Waals surface area contributed by atoms with Crippen LogP contribution >= 0.6 is 0 Å². The van der Waals surface area contributed by atoms with Gasteiger partial charge in [0, 0.05) is 26.1 Å². The number of rotatable bonds is 10. The average molecular weight is 424 g/mol. The number of carbonyl (C=O) groups is 1. The zero-order valence-corrected chi connectivity index (χ0v) is 17.8. The van der Waals surface area contributed by atoms with Gasteiger partial charge in [-0.15, -0.1) is 0 Å². The number of benzene rings is 1.